The van der Waals surface area contributed by atoms with Crippen molar-refractivity contribution >= 4 is 11.3 Å². The van der Waals surface area contributed by atoms with E-state index >= 15 is 0 Å². The third kappa shape index (κ3) is 3.48. The van der Waals surface area contributed by atoms with Gasteiger partial charge in [-0.05, 0) is 38.0 Å². The molecule has 0 aromatic carbocycles. The smallest absolute Gasteiger partial charge is 0.107 e. The lowest BCUT2D eigenvalue weighted by molar-refractivity contribution is 0.141. The van der Waals surface area contributed by atoms with Crippen molar-refractivity contribution in [3.05, 3.63) is 45.7 Å². The van der Waals surface area contributed by atoms with Crippen molar-refractivity contribution in [1.29, 1.82) is 0 Å². The van der Waals surface area contributed by atoms with Crippen LogP contribution >= 0.6 is 11.3 Å². The molecule has 1 aliphatic heterocycles. The molecule has 4 nitrogen and oxygen atoms in total. The summed E-state index contributed by atoms with van der Waals surface area (Å²) >= 11 is 1.76. The van der Waals surface area contributed by atoms with E-state index in [0.29, 0.717) is 5.92 Å². The van der Waals surface area contributed by atoms with Gasteiger partial charge in [-0.2, -0.15) is 0 Å². The number of nitrogens with zero attached hydrogens (tertiary/aromatic N) is 3. The Morgan fingerprint density at radius 2 is 2.05 bits per heavy atom. The summed E-state index contributed by atoms with van der Waals surface area (Å²) in [5.74, 6) is 0.301. The molecule has 2 aromatic heterocycles. The minimum absolute atomic E-state index is 0.250. The lowest BCUT2D eigenvalue weighted by Gasteiger charge is -2.14. The van der Waals surface area contributed by atoms with Gasteiger partial charge < -0.3 is 5.11 Å². The Kier molecular flexibility index (Phi) is 4.33. The summed E-state index contributed by atoms with van der Waals surface area (Å²) in [7, 11) is 0. The Morgan fingerprint density at radius 3 is 2.71 bits per heavy atom. The monoisotopic (exact) mass is 303 g/mol. The van der Waals surface area contributed by atoms with Gasteiger partial charge in [0.15, 0.2) is 0 Å². The number of β-amino-alcohol motifs (C(OH)–C–C–N with tert-alkyl or cyclic N) is 1. The van der Waals surface area contributed by atoms with Crippen LogP contribution in [0.5, 0.6) is 0 Å². The number of aliphatic hydroxyl groups excluding tert-OH is 1. The number of hydrogen-bond acceptors (Lipinski definition) is 5. The average molecular weight is 303 g/mol. The summed E-state index contributed by atoms with van der Waals surface area (Å²) < 4.78 is 0. The van der Waals surface area contributed by atoms with Crippen LogP contribution in [0.3, 0.4) is 0 Å². The van der Waals surface area contributed by atoms with Crippen LogP contribution < -0.4 is 0 Å². The standard InChI is InChI=1S/C16H21N3OS/c1-11-12(2)21-16(18-11)10-19-8-14(15(20)9-19)7-13-3-5-17-6-4-13/h3-6,14-15,20H,7-10H2,1-2H3/t14-,15+/m1/s1. The van der Waals surface area contributed by atoms with Crippen molar-refractivity contribution in [1.82, 2.24) is 14.9 Å². The van der Waals surface area contributed by atoms with E-state index in [1.807, 2.05) is 24.5 Å². The van der Waals surface area contributed by atoms with Crippen molar-refractivity contribution in [3.8, 4) is 0 Å². The second-order valence-corrected chi connectivity index (χ2v) is 7.12. The van der Waals surface area contributed by atoms with E-state index in [9.17, 15) is 5.11 Å². The van der Waals surface area contributed by atoms with E-state index in [4.69, 9.17) is 0 Å². The molecule has 0 unspecified atom stereocenters. The fraction of sp³-hybridized carbons (Fsp3) is 0.500. The Hall–Kier alpha value is -1.30. The summed E-state index contributed by atoms with van der Waals surface area (Å²) in [6.07, 6.45) is 4.29. The normalized spacial score (nSPS) is 22.8. The molecule has 2 aromatic rings. The van der Waals surface area contributed by atoms with Crippen molar-refractivity contribution in [2.75, 3.05) is 13.1 Å². The first-order valence-electron chi connectivity index (χ1n) is 7.34. The molecule has 1 aliphatic rings. The Labute approximate surface area is 129 Å². The van der Waals surface area contributed by atoms with Crippen LogP contribution in [0.15, 0.2) is 24.5 Å². The molecule has 0 bridgehead atoms. The third-order valence-corrected chi connectivity index (χ3v) is 5.22. The highest BCUT2D eigenvalue weighted by Gasteiger charge is 2.31. The SMILES string of the molecule is Cc1nc(CN2C[C@@H](Cc3ccncc3)[C@@H](O)C2)sc1C. The van der Waals surface area contributed by atoms with Crippen LogP contribution in [0.25, 0.3) is 0 Å². The summed E-state index contributed by atoms with van der Waals surface area (Å²) in [6.45, 7) is 6.69. The van der Waals surface area contributed by atoms with E-state index in [1.165, 1.54) is 10.4 Å². The fourth-order valence-corrected chi connectivity index (χ4v) is 3.87. The van der Waals surface area contributed by atoms with Crippen LogP contribution in [-0.4, -0.2) is 39.2 Å². The van der Waals surface area contributed by atoms with Crippen LogP contribution in [0.2, 0.25) is 0 Å². The van der Waals surface area contributed by atoms with Crippen LogP contribution in [0.4, 0.5) is 0 Å². The maximum Gasteiger partial charge on any atom is 0.107 e. The molecule has 1 N–H and O–H groups in total. The summed E-state index contributed by atoms with van der Waals surface area (Å²) in [5.41, 5.74) is 2.37. The molecular formula is C16H21N3OS. The van der Waals surface area contributed by atoms with E-state index in [2.05, 4.69) is 28.7 Å². The second kappa shape index (κ2) is 6.22. The van der Waals surface area contributed by atoms with Gasteiger partial charge in [0.25, 0.3) is 0 Å². The minimum Gasteiger partial charge on any atom is -0.391 e. The first-order valence-corrected chi connectivity index (χ1v) is 8.15. The molecule has 0 saturated carbocycles. The summed E-state index contributed by atoms with van der Waals surface area (Å²) in [6, 6.07) is 4.06. The maximum atomic E-state index is 10.3. The van der Waals surface area contributed by atoms with Gasteiger partial charge in [0.2, 0.25) is 0 Å². The summed E-state index contributed by atoms with van der Waals surface area (Å²) in [5, 5.41) is 11.4. The van der Waals surface area contributed by atoms with Gasteiger partial charge in [0, 0.05) is 36.3 Å². The van der Waals surface area contributed by atoms with E-state index in [-0.39, 0.29) is 6.10 Å². The molecule has 3 heterocycles. The van der Waals surface area contributed by atoms with Crippen LogP contribution in [0, 0.1) is 19.8 Å². The fourth-order valence-electron chi connectivity index (χ4n) is 2.89. The Balaban J connectivity index is 1.60. The van der Waals surface area contributed by atoms with Crippen molar-refractivity contribution in [2.24, 2.45) is 5.92 Å². The predicted octanol–water partition coefficient (Wildman–Crippen LogP) is 2.19. The molecule has 21 heavy (non-hydrogen) atoms. The summed E-state index contributed by atoms with van der Waals surface area (Å²) in [4.78, 5) is 12.2. The highest BCUT2D eigenvalue weighted by molar-refractivity contribution is 7.11. The quantitative estimate of drug-likeness (QED) is 0.940. The number of likely N-dealkylation sites (tertiary alicyclic amines) is 1. The molecule has 1 fully saturated rings. The number of aliphatic hydroxyl groups is 1. The van der Waals surface area contributed by atoms with Gasteiger partial charge in [-0.25, -0.2) is 4.98 Å². The van der Waals surface area contributed by atoms with Gasteiger partial charge in [-0.1, -0.05) is 0 Å². The van der Waals surface area contributed by atoms with Gasteiger partial charge in [0.05, 0.1) is 18.3 Å². The molecule has 3 rings (SSSR count). The first kappa shape index (κ1) is 14.6. The Morgan fingerprint density at radius 1 is 1.29 bits per heavy atom. The van der Waals surface area contributed by atoms with E-state index in [0.717, 1.165) is 36.8 Å². The molecule has 0 aliphatic carbocycles. The molecule has 2 atom stereocenters. The van der Waals surface area contributed by atoms with Crippen LogP contribution in [-0.2, 0) is 13.0 Å². The molecule has 0 amide bonds. The van der Waals surface area contributed by atoms with Crippen LogP contribution in [0.1, 0.15) is 21.1 Å². The minimum atomic E-state index is -0.250. The molecule has 0 radical (unpaired) electrons. The highest BCUT2D eigenvalue weighted by Crippen LogP contribution is 2.25. The number of thiazole rings is 1. The number of hydrogen-bond donors (Lipinski definition) is 1. The second-order valence-electron chi connectivity index (χ2n) is 5.83. The molecular weight excluding hydrogens is 282 g/mol. The van der Waals surface area contributed by atoms with E-state index < -0.39 is 0 Å². The number of aryl methyl sites for hydroxylation is 2. The molecule has 5 heteroatoms. The zero-order chi connectivity index (χ0) is 14.8. The lowest BCUT2D eigenvalue weighted by Crippen LogP contribution is -2.21. The molecule has 112 valence electrons. The number of rotatable bonds is 4. The zero-order valence-corrected chi connectivity index (χ0v) is 13.3. The van der Waals surface area contributed by atoms with Gasteiger partial charge in [0.1, 0.15) is 5.01 Å². The van der Waals surface area contributed by atoms with Crippen molar-refractivity contribution < 1.29 is 5.11 Å². The molecule has 0 spiro atoms. The van der Waals surface area contributed by atoms with Crippen molar-refractivity contribution in [3.63, 3.8) is 0 Å². The Bertz CT molecular complexity index is 579. The maximum absolute atomic E-state index is 10.3. The number of aromatic nitrogens is 2. The average Bonchev–Trinajstić information content (AvgIpc) is 2.95. The highest BCUT2D eigenvalue weighted by atomic mass is 32.1. The largest absolute Gasteiger partial charge is 0.391 e. The molecule has 1 saturated heterocycles. The number of pyridine rings is 1. The topological polar surface area (TPSA) is 49.2 Å². The lowest BCUT2D eigenvalue weighted by atomic mass is 9.97. The zero-order valence-electron chi connectivity index (χ0n) is 12.5. The van der Waals surface area contributed by atoms with Crippen molar-refractivity contribution in [2.45, 2.75) is 32.9 Å². The van der Waals surface area contributed by atoms with Gasteiger partial charge in [-0.3, -0.25) is 9.88 Å². The van der Waals surface area contributed by atoms with E-state index in [1.54, 1.807) is 11.3 Å². The third-order valence-electron chi connectivity index (χ3n) is 4.16. The van der Waals surface area contributed by atoms with Gasteiger partial charge >= 0.3 is 0 Å². The predicted molar refractivity (Wildman–Crippen MR) is 84.3 cm³/mol. The van der Waals surface area contributed by atoms with Gasteiger partial charge in [-0.15, -0.1) is 11.3 Å². The first-order chi connectivity index (χ1) is 10.1.